The van der Waals surface area contributed by atoms with Crippen molar-refractivity contribution in [1.82, 2.24) is 5.32 Å². The molecule has 0 aliphatic carbocycles. The van der Waals surface area contributed by atoms with Crippen LogP contribution < -0.4 is 14.8 Å². The molecule has 1 N–H and O–H groups in total. The molecule has 2 rings (SSSR count). The molecule has 1 aromatic rings. The highest BCUT2D eigenvalue weighted by Crippen LogP contribution is 2.39. The minimum atomic E-state index is 0.244. The SMILES string of the molecule is CCCC(COC)NCc1cc(Cl)c2c(c1)OCO2. The van der Waals surface area contributed by atoms with Gasteiger partial charge in [-0.1, -0.05) is 24.9 Å². The molecule has 0 fully saturated rings. The van der Waals surface area contributed by atoms with E-state index < -0.39 is 0 Å². The van der Waals surface area contributed by atoms with Gasteiger partial charge in [0.25, 0.3) is 0 Å². The minimum Gasteiger partial charge on any atom is -0.454 e. The Balaban J connectivity index is 1.97. The molecule has 1 unspecified atom stereocenters. The molecule has 1 heterocycles. The van der Waals surface area contributed by atoms with Gasteiger partial charge >= 0.3 is 0 Å². The lowest BCUT2D eigenvalue weighted by Gasteiger charge is -2.17. The number of halogens is 1. The molecule has 0 bridgehead atoms. The second-order valence-electron chi connectivity index (χ2n) is 4.63. The molecule has 5 heteroatoms. The summed E-state index contributed by atoms with van der Waals surface area (Å²) >= 11 is 6.15. The van der Waals surface area contributed by atoms with Gasteiger partial charge in [0.1, 0.15) is 0 Å². The second kappa shape index (κ2) is 6.98. The molecule has 1 atom stereocenters. The van der Waals surface area contributed by atoms with Crippen LogP contribution in [0.2, 0.25) is 5.02 Å². The van der Waals surface area contributed by atoms with Gasteiger partial charge < -0.3 is 19.5 Å². The number of benzene rings is 1. The Morgan fingerprint density at radius 1 is 1.42 bits per heavy atom. The van der Waals surface area contributed by atoms with Gasteiger partial charge in [-0.3, -0.25) is 0 Å². The van der Waals surface area contributed by atoms with Crippen LogP contribution in [0.3, 0.4) is 0 Å². The summed E-state index contributed by atoms with van der Waals surface area (Å²) in [7, 11) is 1.72. The summed E-state index contributed by atoms with van der Waals surface area (Å²) in [5.41, 5.74) is 1.09. The maximum absolute atomic E-state index is 6.15. The summed E-state index contributed by atoms with van der Waals surface area (Å²) in [5.74, 6) is 1.37. The number of rotatable bonds is 7. The van der Waals surface area contributed by atoms with Crippen LogP contribution in [0.15, 0.2) is 12.1 Å². The van der Waals surface area contributed by atoms with Crippen LogP contribution in [0.1, 0.15) is 25.3 Å². The number of ether oxygens (including phenoxy) is 3. The van der Waals surface area contributed by atoms with Gasteiger partial charge in [0, 0.05) is 19.7 Å². The lowest BCUT2D eigenvalue weighted by Crippen LogP contribution is -2.32. The summed E-state index contributed by atoms with van der Waals surface area (Å²) in [4.78, 5) is 0. The fourth-order valence-corrected chi connectivity index (χ4v) is 2.47. The zero-order valence-corrected chi connectivity index (χ0v) is 12.1. The molecule has 1 aliphatic rings. The van der Waals surface area contributed by atoms with E-state index in [0.29, 0.717) is 23.4 Å². The predicted octanol–water partition coefficient (Wildman–Crippen LogP) is 2.97. The van der Waals surface area contributed by atoms with Crippen LogP contribution in [0.4, 0.5) is 0 Å². The van der Waals surface area contributed by atoms with Crippen molar-refractivity contribution in [3.05, 3.63) is 22.7 Å². The van der Waals surface area contributed by atoms with Gasteiger partial charge in [-0.05, 0) is 24.1 Å². The first-order valence-electron chi connectivity index (χ1n) is 6.55. The largest absolute Gasteiger partial charge is 0.454 e. The van der Waals surface area contributed by atoms with Crippen molar-refractivity contribution in [2.24, 2.45) is 0 Å². The fourth-order valence-electron chi connectivity index (χ4n) is 2.18. The van der Waals surface area contributed by atoms with Gasteiger partial charge in [-0.25, -0.2) is 0 Å². The van der Waals surface area contributed by atoms with Crippen LogP contribution in [0, 0.1) is 0 Å². The number of hydrogen-bond donors (Lipinski definition) is 1. The van der Waals surface area contributed by atoms with Crippen LogP contribution >= 0.6 is 11.6 Å². The summed E-state index contributed by atoms with van der Waals surface area (Å²) in [6.07, 6.45) is 2.22. The van der Waals surface area contributed by atoms with E-state index in [1.54, 1.807) is 7.11 Å². The molecule has 0 aromatic heterocycles. The lowest BCUT2D eigenvalue weighted by atomic mass is 10.1. The molecule has 0 spiro atoms. The first-order valence-corrected chi connectivity index (χ1v) is 6.92. The first kappa shape index (κ1) is 14.4. The molecule has 0 saturated carbocycles. The van der Waals surface area contributed by atoms with Gasteiger partial charge in [0.05, 0.1) is 11.6 Å². The number of methoxy groups -OCH3 is 1. The smallest absolute Gasteiger partial charge is 0.231 e. The first-order chi connectivity index (χ1) is 9.24. The standard InChI is InChI=1S/C14H20ClNO3/c1-3-4-11(8-17-2)16-7-10-5-12(15)14-13(6-10)18-9-19-14/h5-6,11,16H,3-4,7-9H2,1-2H3. The number of fused-ring (bicyclic) bond motifs is 1. The fraction of sp³-hybridized carbons (Fsp3) is 0.571. The normalized spacial score (nSPS) is 14.7. The van der Waals surface area contributed by atoms with Gasteiger partial charge in [-0.2, -0.15) is 0 Å². The van der Waals surface area contributed by atoms with Crippen molar-refractivity contribution in [2.45, 2.75) is 32.4 Å². The van der Waals surface area contributed by atoms with Crippen molar-refractivity contribution in [3.8, 4) is 11.5 Å². The van der Waals surface area contributed by atoms with Crippen LogP contribution in [0.25, 0.3) is 0 Å². The van der Waals surface area contributed by atoms with E-state index in [0.717, 1.165) is 30.7 Å². The third-order valence-corrected chi connectivity index (χ3v) is 3.37. The topological polar surface area (TPSA) is 39.7 Å². The molecule has 106 valence electrons. The van der Waals surface area contributed by atoms with Crippen molar-refractivity contribution in [2.75, 3.05) is 20.5 Å². The molecule has 1 aliphatic heterocycles. The summed E-state index contributed by atoms with van der Waals surface area (Å²) in [6.45, 7) is 3.87. The Bertz CT molecular complexity index is 419. The number of hydrogen-bond acceptors (Lipinski definition) is 4. The summed E-state index contributed by atoms with van der Waals surface area (Å²) < 4.78 is 15.9. The van der Waals surface area contributed by atoms with E-state index in [9.17, 15) is 0 Å². The number of nitrogens with one attached hydrogen (secondary N) is 1. The lowest BCUT2D eigenvalue weighted by molar-refractivity contribution is 0.161. The average Bonchev–Trinajstić information content (AvgIpc) is 2.85. The second-order valence-corrected chi connectivity index (χ2v) is 5.04. The zero-order valence-electron chi connectivity index (χ0n) is 11.4. The maximum Gasteiger partial charge on any atom is 0.231 e. The van der Waals surface area contributed by atoms with Gasteiger partial charge in [-0.15, -0.1) is 0 Å². The predicted molar refractivity (Wildman–Crippen MR) is 75.0 cm³/mol. The average molecular weight is 286 g/mol. The van der Waals surface area contributed by atoms with E-state index in [2.05, 4.69) is 12.2 Å². The van der Waals surface area contributed by atoms with Crippen molar-refractivity contribution >= 4 is 11.6 Å². The summed E-state index contributed by atoms with van der Waals surface area (Å²) in [6, 6.07) is 4.24. The maximum atomic E-state index is 6.15. The Kier molecular flexibility index (Phi) is 5.31. The molecule has 0 amide bonds. The molecular formula is C14H20ClNO3. The molecule has 0 saturated heterocycles. The van der Waals surface area contributed by atoms with E-state index in [4.69, 9.17) is 25.8 Å². The molecule has 19 heavy (non-hydrogen) atoms. The van der Waals surface area contributed by atoms with Crippen LogP contribution in [0.5, 0.6) is 11.5 Å². The Morgan fingerprint density at radius 3 is 3.00 bits per heavy atom. The van der Waals surface area contributed by atoms with E-state index in [-0.39, 0.29) is 6.79 Å². The van der Waals surface area contributed by atoms with Crippen LogP contribution in [-0.4, -0.2) is 26.6 Å². The minimum absolute atomic E-state index is 0.244. The van der Waals surface area contributed by atoms with E-state index in [1.807, 2.05) is 12.1 Å². The summed E-state index contributed by atoms with van der Waals surface area (Å²) in [5, 5.41) is 4.08. The van der Waals surface area contributed by atoms with E-state index in [1.165, 1.54) is 0 Å². The Labute approximate surface area is 119 Å². The van der Waals surface area contributed by atoms with Gasteiger partial charge in [0.2, 0.25) is 6.79 Å². The highest BCUT2D eigenvalue weighted by atomic mass is 35.5. The highest BCUT2D eigenvalue weighted by Gasteiger charge is 2.18. The molecule has 4 nitrogen and oxygen atoms in total. The monoisotopic (exact) mass is 285 g/mol. The van der Waals surface area contributed by atoms with E-state index >= 15 is 0 Å². The Hall–Kier alpha value is -0.970. The van der Waals surface area contributed by atoms with Crippen molar-refractivity contribution in [3.63, 3.8) is 0 Å². The van der Waals surface area contributed by atoms with Crippen molar-refractivity contribution in [1.29, 1.82) is 0 Å². The molecular weight excluding hydrogens is 266 g/mol. The highest BCUT2D eigenvalue weighted by molar-refractivity contribution is 6.32. The van der Waals surface area contributed by atoms with Crippen molar-refractivity contribution < 1.29 is 14.2 Å². The molecule has 1 aromatic carbocycles. The van der Waals surface area contributed by atoms with Crippen LogP contribution in [-0.2, 0) is 11.3 Å². The third kappa shape index (κ3) is 3.75. The quantitative estimate of drug-likeness (QED) is 0.836. The molecule has 0 radical (unpaired) electrons. The van der Waals surface area contributed by atoms with Gasteiger partial charge in [0.15, 0.2) is 11.5 Å². The zero-order chi connectivity index (χ0) is 13.7. The third-order valence-electron chi connectivity index (χ3n) is 3.09. The Morgan fingerprint density at radius 2 is 2.26 bits per heavy atom.